The van der Waals surface area contributed by atoms with Crippen molar-refractivity contribution in [3.8, 4) is 5.75 Å². The second-order valence-electron chi connectivity index (χ2n) is 1.89. The Morgan fingerprint density at radius 2 is 2.00 bits per heavy atom. The Kier molecular flexibility index (Phi) is 5.17. The van der Waals surface area contributed by atoms with Gasteiger partial charge >= 0.3 is 0 Å². The van der Waals surface area contributed by atoms with E-state index in [1.807, 2.05) is 0 Å². The van der Waals surface area contributed by atoms with Gasteiger partial charge < -0.3 is 10.5 Å². The van der Waals surface area contributed by atoms with Gasteiger partial charge in [-0.3, -0.25) is 0 Å². The number of aromatic hydroxyl groups is 1. The van der Waals surface area contributed by atoms with Crippen LogP contribution in [0.2, 0.25) is 5.02 Å². The monoisotopic (exact) mass is 228 g/mol. The van der Waals surface area contributed by atoms with Crippen molar-refractivity contribution in [3.05, 3.63) is 23.2 Å². The SMILES string of the molecule is Cl.Oc1cc(NNCl)ccc1Cl. The number of hydrogen-bond acceptors (Lipinski definition) is 3. The smallest absolute Gasteiger partial charge is 0.136 e. The number of halogens is 3. The molecule has 0 aliphatic carbocycles. The lowest BCUT2D eigenvalue weighted by molar-refractivity contribution is 0.476. The average molecular weight is 229 g/mol. The van der Waals surface area contributed by atoms with Crippen molar-refractivity contribution in [3.63, 3.8) is 0 Å². The molecule has 68 valence electrons. The number of phenolic OH excluding ortho intramolecular Hbond substituents is 1. The summed E-state index contributed by atoms with van der Waals surface area (Å²) in [7, 11) is 0. The van der Waals surface area contributed by atoms with Gasteiger partial charge in [0.2, 0.25) is 0 Å². The number of phenols is 1. The molecule has 0 aromatic heterocycles. The zero-order chi connectivity index (χ0) is 8.27. The first kappa shape index (κ1) is 11.6. The van der Waals surface area contributed by atoms with Crippen LogP contribution in [-0.2, 0) is 0 Å². The Morgan fingerprint density at radius 1 is 1.33 bits per heavy atom. The number of rotatable bonds is 2. The minimum absolute atomic E-state index is 0. The van der Waals surface area contributed by atoms with E-state index in [0.717, 1.165) is 0 Å². The lowest BCUT2D eigenvalue weighted by Gasteiger charge is -2.02. The number of nitrogens with one attached hydrogen (secondary N) is 2. The zero-order valence-corrected chi connectivity index (χ0v) is 8.17. The molecule has 12 heavy (non-hydrogen) atoms. The Morgan fingerprint density at radius 3 is 2.50 bits per heavy atom. The Balaban J connectivity index is 0.00000121. The van der Waals surface area contributed by atoms with Crippen molar-refractivity contribution >= 4 is 41.5 Å². The topological polar surface area (TPSA) is 44.3 Å². The first-order chi connectivity index (χ1) is 5.24. The van der Waals surface area contributed by atoms with Gasteiger partial charge in [-0.05, 0) is 23.9 Å². The number of anilines is 1. The Labute approximate surface area is 86.2 Å². The van der Waals surface area contributed by atoms with Crippen molar-refractivity contribution in [1.82, 2.24) is 4.94 Å². The van der Waals surface area contributed by atoms with E-state index in [1.54, 1.807) is 12.1 Å². The molecule has 3 N–H and O–H groups in total. The average Bonchev–Trinajstić information content (AvgIpc) is 1.98. The molecule has 0 saturated carbocycles. The van der Waals surface area contributed by atoms with Gasteiger partial charge in [0.1, 0.15) is 5.75 Å². The second-order valence-corrected chi connectivity index (χ2v) is 2.48. The fraction of sp³-hybridized carbons (Fsp3) is 0. The van der Waals surface area contributed by atoms with Gasteiger partial charge in [-0.15, -0.1) is 17.4 Å². The Hall–Kier alpha value is -0.350. The molecule has 0 spiro atoms. The van der Waals surface area contributed by atoms with Crippen LogP contribution in [-0.4, -0.2) is 5.11 Å². The van der Waals surface area contributed by atoms with Crippen LogP contribution in [0.5, 0.6) is 5.75 Å². The fourth-order valence-corrected chi connectivity index (χ4v) is 0.872. The molecule has 0 aliphatic heterocycles. The molecule has 0 unspecified atom stereocenters. The van der Waals surface area contributed by atoms with Crippen LogP contribution in [0, 0.1) is 0 Å². The first-order valence-electron chi connectivity index (χ1n) is 2.84. The van der Waals surface area contributed by atoms with Crippen LogP contribution >= 0.6 is 35.8 Å². The fourth-order valence-electron chi connectivity index (χ4n) is 0.645. The van der Waals surface area contributed by atoms with Crippen LogP contribution in [0.3, 0.4) is 0 Å². The third-order valence-electron chi connectivity index (χ3n) is 1.14. The normalized spacial score (nSPS) is 8.83. The van der Waals surface area contributed by atoms with E-state index in [0.29, 0.717) is 10.7 Å². The maximum Gasteiger partial charge on any atom is 0.136 e. The number of hydrazine groups is 1. The van der Waals surface area contributed by atoms with E-state index in [9.17, 15) is 0 Å². The molecule has 0 aliphatic rings. The molecule has 1 rings (SSSR count). The van der Waals surface area contributed by atoms with E-state index in [2.05, 4.69) is 10.4 Å². The van der Waals surface area contributed by atoms with Crippen LogP contribution in [0.25, 0.3) is 0 Å². The first-order valence-corrected chi connectivity index (χ1v) is 3.60. The second kappa shape index (κ2) is 5.32. The van der Waals surface area contributed by atoms with Crippen molar-refractivity contribution < 1.29 is 5.11 Å². The highest BCUT2D eigenvalue weighted by atomic mass is 35.5. The summed E-state index contributed by atoms with van der Waals surface area (Å²) in [5.41, 5.74) is 3.21. The minimum atomic E-state index is 0. The van der Waals surface area contributed by atoms with Crippen molar-refractivity contribution in [2.45, 2.75) is 0 Å². The lowest BCUT2D eigenvalue weighted by Crippen LogP contribution is -2.07. The van der Waals surface area contributed by atoms with Gasteiger partial charge in [-0.25, -0.2) is 0 Å². The standard InChI is InChI=1S/C6H6Cl2N2O.ClH/c7-5-2-1-4(9-10-8)3-6(5)11;/h1-3,9-11H;1H. The highest BCUT2D eigenvalue weighted by Crippen LogP contribution is 2.25. The van der Waals surface area contributed by atoms with Gasteiger partial charge in [0.05, 0.1) is 10.7 Å². The molecule has 0 atom stereocenters. The number of hydrogen-bond donors (Lipinski definition) is 3. The van der Waals surface area contributed by atoms with Gasteiger partial charge in [-0.1, -0.05) is 11.6 Å². The molecule has 6 heteroatoms. The summed E-state index contributed by atoms with van der Waals surface area (Å²) < 4.78 is 0. The summed E-state index contributed by atoms with van der Waals surface area (Å²) in [4.78, 5) is 2.20. The van der Waals surface area contributed by atoms with Gasteiger partial charge in [-0.2, -0.15) is 0 Å². The van der Waals surface area contributed by atoms with E-state index in [-0.39, 0.29) is 18.2 Å². The molecule has 0 amide bonds. The zero-order valence-electron chi connectivity index (χ0n) is 5.84. The van der Waals surface area contributed by atoms with Gasteiger partial charge in [0.15, 0.2) is 0 Å². The third kappa shape index (κ3) is 2.95. The minimum Gasteiger partial charge on any atom is -0.506 e. The third-order valence-corrected chi connectivity index (χ3v) is 1.55. The van der Waals surface area contributed by atoms with Crippen molar-refractivity contribution in [2.75, 3.05) is 5.43 Å². The quantitative estimate of drug-likeness (QED) is 0.539. The Bertz CT molecular complexity index is 257. The van der Waals surface area contributed by atoms with Crippen LogP contribution < -0.4 is 10.4 Å². The van der Waals surface area contributed by atoms with Crippen molar-refractivity contribution in [1.29, 1.82) is 0 Å². The van der Waals surface area contributed by atoms with E-state index in [4.69, 9.17) is 28.5 Å². The molecular formula is C6H7Cl3N2O. The summed E-state index contributed by atoms with van der Waals surface area (Å²) in [5, 5.41) is 9.39. The van der Waals surface area contributed by atoms with Crippen molar-refractivity contribution in [2.24, 2.45) is 0 Å². The summed E-state index contributed by atoms with van der Waals surface area (Å²) in [5.74, 6) is 0.0172. The summed E-state index contributed by atoms with van der Waals surface area (Å²) >= 11 is 10.7. The maximum atomic E-state index is 9.08. The molecule has 0 radical (unpaired) electrons. The van der Waals surface area contributed by atoms with Gasteiger partial charge in [0.25, 0.3) is 0 Å². The predicted octanol–water partition coefficient (Wildman–Crippen LogP) is 2.54. The summed E-state index contributed by atoms with van der Waals surface area (Å²) in [6.45, 7) is 0. The molecule has 0 saturated heterocycles. The summed E-state index contributed by atoms with van der Waals surface area (Å²) in [6, 6.07) is 4.70. The molecule has 1 aromatic carbocycles. The van der Waals surface area contributed by atoms with Gasteiger partial charge in [0, 0.05) is 6.07 Å². The van der Waals surface area contributed by atoms with E-state index in [1.165, 1.54) is 6.07 Å². The summed E-state index contributed by atoms with van der Waals surface area (Å²) in [6.07, 6.45) is 0. The molecule has 0 heterocycles. The molecule has 0 fully saturated rings. The van der Waals surface area contributed by atoms with Crippen LogP contribution in [0.15, 0.2) is 18.2 Å². The van der Waals surface area contributed by atoms with E-state index >= 15 is 0 Å². The maximum absolute atomic E-state index is 9.08. The molecular weight excluding hydrogens is 222 g/mol. The van der Waals surface area contributed by atoms with Crippen LogP contribution in [0.4, 0.5) is 5.69 Å². The largest absolute Gasteiger partial charge is 0.506 e. The molecule has 0 bridgehead atoms. The predicted molar refractivity (Wildman–Crippen MR) is 53.0 cm³/mol. The molecule has 3 nitrogen and oxygen atoms in total. The van der Waals surface area contributed by atoms with Crippen LogP contribution in [0.1, 0.15) is 0 Å². The van der Waals surface area contributed by atoms with E-state index < -0.39 is 0 Å². The lowest BCUT2D eigenvalue weighted by atomic mass is 10.3. The molecule has 1 aromatic rings. The highest BCUT2D eigenvalue weighted by molar-refractivity contribution is 6.32. The highest BCUT2D eigenvalue weighted by Gasteiger charge is 1.97. The number of benzene rings is 1.